The third-order valence-electron chi connectivity index (χ3n) is 2.79. The number of nitrogens with one attached hydrogen (secondary N) is 1. The zero-order valence-corrected chi connectivity index (χ0v) is 10.5. The Bertz CT molecular complexity index is 576. The molecule has 2 heterocycles. The van der Waals surface area contributed by atoms with Crippen molar-refractivity contribution in [1.29, 1.82) is 0 Å². The normalized spacial score (nSPS) is 10.8. The lowest BCUT2D eigenvalue weighted by atomic mass is 10.1. The number of carbonyl (C=O) groups is 1. The number of rotatable bonds is 4. The van der Waals surface area contributed by atoms with Crippen LogP contribution in [0, 0.1) is 13.8 Å². The lowest BCUT2D eigenvalue weighted by Gasteiger charge is -2.10. The van der Waals surface area contributed by atoms with Gasteiger partial charge in [0.25, 0.3) is 5.78 Å². The predicted molar refractivity (Wildman–Crippen MR) is 66.0 cm³/mol. The summed E-state index contributed by atoms with van der Waals surface area (Å²) >= 11 is 0. The first-order chi connectivity index (χ1) is 8.63. The Morgan fingerprint density at radius 2 is 2.28 bits per heavy atom. The molecule has 0 bridgehead atoms. The Morgan fingerprint density at radius 3 is 3.00 bits per heavy atom. The monoisotopic (exact) mass is 248 g/mol. The molecule has 3 N–H and O–H groups in total. The molecule has 2 aromatic heterocycles. The second-order valence-corrected chi connectivity index (χ2v) is 4.05. The lowest BCUT2D eigenvalue weighted by molar-refractivity contribution is -0.120. The van der Waals surface area contributed by atoms with Crippen molar-refractivity contribution in [3.63, 3.8) is 0 Å². The topological polar surface area (TPSA) is 98.2 Å². The molecule has 0 unspecified atom stereocenters. The summed E-state index contributed by atoms with van der Waals surface area (Å²) in [4.78, 5) is 20.1. The number of nitrogens with two attached hydrogens (primary N) is 1. The van der Waals surface area contributed by atoms with Gasteiger partial charge in [0.15, 0.2) is 0 Å². The van der Waals surface area contributed by atoms with E-state index in [2.05, 4.69) is 20.4 Å². The maximum atomic E-state index is 11.7. The summed E-state index contributed by atoms with van der Waals surface area (Å²) in [5.74, 6) is 0.490. The van der Waals surface area contributed by atoms with Crippen LogP contribution in [0.5, 0.6) is 0 Å². The fraction of sp³-hybridized carbons (Fsp3) is 0.455. The highest BCUT2D eigenvalue weighted by atomic mass is 16.1. The highest BCUT2D eigenvalue weighted by molar-refractivity contribution is 5.79. The van der Waals surface area contributed by atoms with Gasteiger partial charge in [-0.1, -0.05) is 0 Å². The number of carbonyl (C=O) groups excluding carboxylic acids is 1. The molecule has 0 aliphatic rings. The van der Waals surface area contributed by atoms with Gasteiger partial charge in [-0.3, -0.25) is 4.79 Å². The molecule has 0 radical (unpaired) electrons. The average Bonchev–Trinajstić information content (AvgIpc) is 2.80. The Balaban J connectivity index is 2.29. The molecular weight excluding hydrogens is 232 g/mol. The van der Waals surface area contributed by atoms with Crippen LogP contribution in [0.3, 0.4) is 0 Å². The largest absolute Gasteiger partial charge is 0.355 e. The minimum atomic E-state index is -0.0621. The minimum absolute atomic E-state index is 0.0621. The van der Waals surface area contributed by atoms with Crippen molar-refractivity contribution in [3.05, 3.63) is 23.3 Å². The molecule has 0 atom stereocenters. The molecule has 0 aromatic carbocycles. The van der Waals surface area contributed by atoms with Gasteiger partial charge in [0.1, 0.15) is 6.33 Å². The van der Waals surface area contributed by atoms with Gasteiger partial charge in [-0.05, 0) is 13.8 Å². The third kappa shape index (κ3) is 2.30. The Morgan fingerprint density at radius 1 is 1.50 bits per heavy atom. The Labute approximate surface area is 104 Å². The van der Waals surface area contributed by atoms with Gasteiger partial charge in [0.2, 0.25) is 5.91 Å². The van der Waals surface area contributed by atoms with Crippen molar-refractivity contribution in [1.82, 2.24) is 24.9 Å². The van der Waals surface area contributed by atoms with Gasteiger partial charge in [0.05, 0.1) is 6.42 Å². The second kappa shape index (κ2) is 5.09. The van der Waals surface area contributed by atoms with Crippen molar-refractivity contribution >= 4 is 11.7 Å². The van der Waals surface area contributed by atoms with Gasteiger partial charge in [-0.15, -0.1) is 0 Å². The van der Waals surface area contributed by atoms with Crippen LogP contribution in [0.25, 0.3) is 5.78 Å². The van der Waals surface area contributed by atoms with Crippen LogP contribution in [0.2, 0.25) is 0 Å². The number of aromatic nitrogens is 4. The van der Waals surface area contributed by atoms with Crippen LogP contribution in [-0.4, -0.2) is 38.6 Å². The summed E-state index contributed by atoms with van der Waals surface area (Å²) < 4.78 is 1.64. The summed E-state index contributed by atoms with van der Waals surface area (Å²) in [5, 5.41) is 6.82. The van der Waals surface area contributed by atoms with Gasteiger partial charge < -0.3 is 11.1 Å². The standard InChI is InChI=1S/C11H16N6O/c1-7-9(5-10(18)13-4-3-12)8(2)17-11(16-7)14-6-15-17/h6H,3-5,12H2,1-2H3,(H,13,18). The maximum absolute atomic E-state index is 11.7. The lowest BCUT2D eigenvalue weighted by Crippen LogP contribution is -2.30. The molecule has 18 heavy (non-hydrogen) atoms. The quantitative estimate of drug-likeness (QED) is 0.750. The first kappa shape index (κ1) is 12.4. The predicted octanol–water partition coefficient (Wildman–Crippen LogP) is -0.641. The van der Waals surface area contributed by atoms with Gasteiger partial charge in [-0.2, -0.15) is 10.1 Å². The molecule has 0 fully saturated rings. The summed E-state index contributed by atoms with van der Waals surface area (Å²) in [5.41, 5.74) is 7.91. The van der Waals surface area contributed by atoms with Crippen molar-refractivity contribution in [2.24, 2.45) is 5.73 Å². The molecule has 2 aromatic rings. The zero-order chi connectivity index (χ0) is 13.1. The number of amides is 1. The maximum Gasteiger partial charge on any atom is 0.252 e. The van der Waals surface area contributed by atoms with Crippen LogP contribution in [-0.2, 0) is 11.2 Å². The van der Waals surface area contributed by atoms with Gasteiger partial charge >= 0.3 is 0 Å². The molecule has 96 valence electrons. The van der Waals surface area contributed by atoms with E-state index in [-0.39, 0.29) is 12.3 Å². The molecule has 0 spiro atoms. The van der Waals surface area contributed by atoms with E-state index in [1.165, 1.54) is 6.33 Å². The Hall–Kier alpha value is -2.02. The van der Waals surface area contributed by atoms with E-state index < -0.39 is 0 Å². The highest BCUT2D eigenvalue weighted by Gasteiger charge is 2.13. The summed E-state index contributed by atoms with van der Waals surface area (Å²) in [6.45, 7) is 4.69. The summed E-state index contributed by atoms with van der Waals surface area (Å²) in [7, 11) is 0. The fourth-order valence-corrected chi connectivity index (χ4v) is 1.85. The summed E-state index contributed by atoms with van der Waals surface area (Å²) in [6, 6.07) is 0. The van der Waals surface area contributed by atoms with Crippen LogP contribution < -0.4 is 11.1 Å². The molecule has 0 aliphatic heterocycles. The van der Waals surface area contributed by atoms with Crippen LogP contribution in [0.1, 0.15) is 17.0 Å². The number of hydrogen-bond acceptors (Lipinski definition) is 5. The third-order valence-corrected chi connectivity index (χ3v) is 2.79. The van der Waals surface area contributed by atoms with E-state index in [0.717, 1.165) is 17.0 Å². The van der Waals surface area contributed by atoms with Crippen molar-refractivity contribution < 1.29 is 4.79 Å². The number of fused-ring (bicyclic) bond motifs is 1. The first-order valence-corrected chi connectivity index (χ1v) is 5.76. The van der Waals surface area contributed by atoms with Crippen molar-refractivity contribution in [3.8, 4) is 0 Å². The van der Waals surface area contributed by atoms with Crippen molar-refractivity contribution in [2.45, 2.75) is 20.3 Å². The average molecular weight is 248 g/mol. The van der Waals surface area contributed by atoms with Gasteiger partial charge in [-0.25, -0.2) is 9.50 Å². The molecule has 0 saturated heterocycles. The molecule has 7 heteroatoms. The minimum Gasteiger partial charge on any atom is -0.355 e. The van der Waals surface area contributed by atoms with E-state index in [9.17, 15) is 4.79 Å². The van der Waals surface area contributed by atoms with E-state index in [1.807, 2.05) is 13.8 Å². The van der Waals surface area contributed by atoms with Gasteiger partial charge in [0, 0.05) is 30.0 Å². The van der Waals surface area contributed by atoms with Crippen LogP contribution >= 0.6 is 0 Å². The number of aryl methyl sites for hydroxylation is 2. The van der Waals surface area contributed by atoms with Crippen LogP contribution in [0.4, 0.5) is 0 Å². The summed E-state index contributed by atoms with van der Waals surface area (Å²) in [6.07, 6.45) is 1.73. The van der Waals surface area contributed by atoms with E-state index in [1.54, 1.807) is 4.52 Å². The van der Waals surface area contributed by atoms with Crippen molar-refractivity contribution in [2.75, 3.05) is 13.1 Å². The van der Waals surface area contributed by atoms with E-state index in [0.29, 0.717) is 18.9 Å². The first-order valence-electron chi connectivity index (χ1n) is 5.76. The molecule has 0 saturated carbocycles. The fourth-order valence-electron chi connectivity index (χ4n) is 1.85. The number of nitrogens with zero attached hydrogens (tertiary/aromatic N) is 4. The highest BCUT2D eigenvalue weighted by Crippen LogP contribution is 2.13. The zero-order valence-electron chi connectivity index (χ0n) is 10.5. The van der Waals surface area contributed by atoms with E-state index in [4.69, 9.17) is 5.73 Å². The second-order valence-electron chi connectivity index (χ2n) is 4.05. The molecule has 0 aliphatic carbocycles. The molecule has 1 amide bonds. The molecular formula is C11H16N6O. The van der Waals surface area contributed by atoms with Crippen LogP contribution in [0.15, 0.2) is 6.33 Å². The molecule has 2 rings (SSSR count). The Kier molecular flexibility index (Phi) is 3.52. The number of hydrogen-bond donors (Lipinski definition) is 2. The van der Waals surface area contributed by atoms with E-state index >= 15 is 0 Å². The SMILES string of the molecule is Cc1nc2ncnn2c(C)c1CC(=O)NCCN. The molecule has 7 nitrogen and oxygen atoms in total. The smallest absolute Gasteiger partial charge is 0.252 e.